The number of rotatable bonds is 7. The lowest BCUT2D eigenvalue weighted by Crippen LogP contribution is -2.19. The summed E-state index contributed by atoms with van der Waals surface area (Å²) in [4.78, 5) is 21.2. The molecule has 0 radical (unpaired) electrons. The van der Waals surface area contributed by atoms with Gasteiger partial charge in [0.05, 0.1) is 0 Å². The fraction of sp³-hybridized carbons (Fsp3) is 0.421. The average molecular weight is 395 g/mol. The minimum Gasteiger partial charge on any atom is -0.363 e. The molecule has 1 atom stereocenters. The first kappa shape index (κ1) is 21.5. The zero-order valence-corrected chi connectivity index (χ0v) is 16.3. The Labute approximate surface area is 162 Å². The molecule has 0 spiro atoms. The van der Waals surface area contributed by atoms with Crippen molar-refractivity contribution in [1.29, 1.82) is 0 Å². The molecule has 0 aliphatic rings. The van der Waals surface area contributed by atoms with Gasteiger partial charge in [0.2, 0.25) is 11.9 Å². The molecule has 0 fully saturated rings. The van der Waals surface area contributed by atoms with Crippen LogP contribution < -0.4 is 15.5 Å². The molecule has 1 amide bonds. The van der Waals surface area contributed by atoms with Gasteiger partial charge in [-0.3, -0.25) is 4.79 Å². The topological polar surface area (TPSA) is 70.2 Å². The third-order valence-corrected chi connectivity index (χ3v) is 4.17. The number of benzene rings is 1. The molecule has 0 saturated heterocycles. The Kier molecular flexibility index (Phi) is 6.82. The highest BCUT2D eigenvalue weighted by Gasteiger charge is 2.34. The van der Waals surface area contributed by atoms with E-state index in [1.54, 1.807) is 38.4 Å². The normalized spacial score (nSPS) is 12.4. The summed E-state index contributed by atoms with van der Waals surface area (Å²) in [7, 11) is 3.21. The molecular weight excluding hydrogens is 371 g/mol. The van der Waals surface area contributed by atoms with Gasteiger partial charge in [0.1, 0.15) is 5.82 Å². The average Bonchev–Trinajstić information content (AvgIpc) is 2.65. The lowest BCUT2D eigenvalue weighted by atomic mass is 10.1. The number of amides is 1. The van der Waals surface area contributed by atoms with Gasteiger partial charge in [-0.1, -0.05) is 26.0 Å². The molecule has 2 rings (SSSR count). The van der Waals surface area contributed by atoms with Crippen molar-refractivity contribution >= 4 is 23.4 Å². The number of alkyl halides is 3. The van der Waals surface area contributed by atoms with Crippen LogP contribution in [0.2, 0.25) is 0 Å². The molecule has 1 aromatic heterocycles. The van der Waals surface area contributed by atoms with E-state index < -0.39 is 11.9 Å². The number of carbonyl (C=O) groups excluding carboxylic acids is 1. The van der Waals surface area contributed by atoms with Crippen molar-refractivity contribution < 1.29 is 18.0 Å². The Morgan fingerprint density at radius 1 is 1.21 bits per heavy atom. The van der Waals surface area contributed by atoms with Crippen LogP contribution in [0.25, 0.3) is 0 Å². The largest absolute Gasteiger partial charge is 0.433 e. The predicted octanol–water partition coefficient (Wildman–Crippen LogP) is 4.16. The van der Waals surface area contributed by atoms with Crippen molar-refractivity contribution in [3.8, 4) is 0 Å². The predicted molar refractivity (Wildman–Crippen MR) is 103 cm³/mol. The van der Waals surface area contributed by atoms with Gasteiger partial charge in [-0.15, -0.1) is 0 Å². The Hall–Kier alpha value is -2.84. The first-order valence-corrected chi connectivity index (χ1v) is 8.87. The molecule has 0 bridgehead atoms. The molecule has 9 heteroatoms. The van der Waals surface area contributed by atoms with E-state index in [2.05, 4.69) is 20.6 Å². The van der Waals surface area contributed by atoms with E-state index in [0.717, 1.165) is 18.1 Å². The molecule has 0 saturated carbocycles. The smallest absolute Gasteiger partial charge is 0.363 e. The summed E-state index contributed by atoms with van der Waals surface area (Å²) in [5.74, 6) is -0.152. The highest BCUT2D eigenvalue weighted by molar-refractivity contribution is 5.92. The summed E-state index contributed by atoms with van der Waals surface area (Å²) in [5, 5.41) is 5.65. The summed E-state index contributed by atoms with van der Waals surface area (Å²) in [6.45, 7) is 3.98. The third-order valence-electron chi connectivity index (χ3n) is 4.17. The second-order valence-electron chi connectivity index (χ2n) is 6.68. The van der Waals surface area contributed by atoms with Crippen LogP contribution in [-0.4, -0.2) is 30.0 Å². The van der Waals surface area contributed by atoms with E-state index >= 15 is 0 Å². The Balaban J connectivity index is 2.14. The highest BCUT2D eigenvalue weighted by atomic mass is 19.4. The van der Waals surface area contributed by atoms with Crippen LogP contribution in [0.3, 0.4) is 0 Å². The zero-order valence-electron chi connectivity index (χ0n) is 16.3. The van der Waals surface area contributed by atoms with Crippen molar-refractivity contribution in [3.63, 3.8) is 0 Å². The summed E-state index contributed by atoms with van der Waals surface area (Å²) in [6.07, 6.45) is -3.83. The third kappa shape index (κ3) is 5.83. The van der Waals surface area contributed by atoms with E-state index in [4.69, 9.17) is 0 Å². The number of halogens is 3. The molecule has 6 nitrogen and oxygen atoms in total. The Bertz CT molecular complexity index is 823. The summed E-state index contributed by atoms with van der Waals surface area (Å²) in [6, 6.07) is 7.98. The first-order chi connectivity index (χ1) is 13.1. The molecule has 2 N–H and O–H groups in total. The van der Waals surface area contributed by atoms with Crippen molar-refractivity contribution in [2.24, 2.45) is 5.92 Å². The van der Waals surface area contributed by atoms with E-state index in [1.807, 2.05) is 13.8 Å². The number of carbonyl (C=O) groups is 1. The first-order valence-electron chi connectivity index (χ1n) is 8.87. The second-order valence-corrected chi connectivity index (χ2v) is 6.68. The number of nitrogens with zero attached hydrogens (tertiary/aromatic N) is 3. The molecular formula is C19H24F3N5O. The number of anilines is 3. The number of hydrogen-bond acceptors (Lipinski definition) is 5. The van der Waals surface area contributed by atoms with Crippen molar-refractivity contribution in [3.05, 3.63) is 41.6 Å². The van der Waals surface area contributed by atoms with Gasteiger partial charge in [0.15, 0.2) is 5.69 Å². The summed E-state index contributed by atoms with van der Waals surface area (Å²) in [5.41, 5.74) is 0.390. The van der Waals surface area contributed by atoms with Gasteiger partial charge in [-0.25, -0.2) is 4.98 Å². The monoisotopic (exact) mass is 395 g/mol. The Morgan fingerprint density at radius 2 is 1.93 bits per heavy atom. The molecule has 0 aliphatic heterocycles. The SMILES string of the molecule is CCC(C)C(=O)Nc1cccc(CNc2nc(N(C)C)cc(C(F)(F)F)n2)c1. The highest BCUT2D eigenvalue weighted by Crippen LogP contribution is 2.30. The fourth-order valence-corrected chi connectivity index (χ4v) is 2.28. The lowest BCUT2D eigenvalue weighted by molar-refractivity contribution is -0.141. The van der Waals surface area contributed by atoms with Gasteiger partial charge in [-0.2, -0.15) is 18.2 Å². The van der Waals surface area contributed by atoms with Crippen molar-refractivity contribution in [1.82, 2.24) is 9.97 Å². The maximum absolute atomic E-state index is 13.1. The maximum Gasteiger partial charge on any atom is 0.433 e. The van der Waals surface area contributed by atoms with E-state index in [-0.39, 0.29) is 30.1 Å². The van der Waals surface area contributed by atoms with E-state index in [9.17, 15) is 18.0 Å². The number of hydrogen-bond donors (Lipinski definition) is 2. The molecule has 1 heterocycles. The molecule has 28 heavy (non-hydrogen) atoms. The van der Waals surface area contributed by atoms with Gasteiger partial charge < -0.3 is 15.5 Å². The van der Waals surface area contributed by atoms with Gasteiger partial charge in [0.25, 0.3) is 0 Å². The number of aromatic nitrogens is 2. The van der Waals surface area contributed by atoms with Crippen LogP contribution in [0.5, 0.6) is 0 Å². The molecule has 1 aromatic carbocycles. The van der Waals surface area contributed by atoms with Crippen LogP contribution in [0, 0.1) is 5.92 Å². The molecule has 152 valence electrons. The minimum absolute atomic E-state index is 0.0792. The molecule has 1 unspecified atom stereocenters. The minimum atomic E-state index is -4.57. The zero-order chi connectivity index (χ0) is 20.9. The van der Waals surface area contributed by atoms with Gasteiger partial charge in [-0.05, 0) is 24.1 Å². The standard InChI is InChI=1S/C19H24F3N5O/c1-5-12(2)17(28)24-14-8-6-7-13(9-14)11-23-18-25-15(19(20,21)22)10-16(26-18)27(3)4/h6-10,12H,5,11H2,1-4H3,(H,24,28)(H,23,25,26). The van der Waals surface area contributed by atoms with E-state index in [1.165, 1.54) is 4.90 Å². The maximum atomic E-state index is 13.1. The van der Waals surface area contributed by atoms with Crippen LogP contribution in [0.4, 0.5) is 30.6 Å². The van der Waals surface area contributed by atoms with Gasteiger partial charge >= 0.3 is 6.18 Å². The van der Waals surface area contributed by atoms with Gasteiger partial charge in [0, 0.05) is 38.3 Å². The van der Waals surface area contributed by atoms with Crippen LogP contribution >= 0.6 is 0 Å². The van der Waals surface area contributed by atoms with Crippen LogP contribution in [0.1, 0.15) is 31.5 Å². The lowest BCUT2D eigenvalue weighted by Gasteiger charge is -2.16. The van der Waals surface area contributed by atoms with Crippen molar-refractivity contribution in [2.45, 2.75) is 33.0 Å². The van der Waals surface area contributed by atoms with Crippen molar-refractivity contribution in [2.75, 3.05) is 29.6 Å². The fourth-order valence-electron chi connectivity index (χ4n) is 2.28. The molecule has 0 aliphatic carbocycles. The quantitative estimate of drug-likeness (QED) is 0.737. The summed E-state index contributed by atoms with van der Waals surface area (Å²) >= 11 is 0. The second kappa shape index (κ2) is 8.90. The Morgan fingerprint density at radius 3 is 2.54 bits per heavy atom. The van der Waals surface area contributed by atoms with E-state index in [0.29, 0.717) is 5.69 Å². The molecule has 2 aromatic rings. The summed E-state index contributed by atoms with van der Waals surface area (Å²) < 4.78 is 39.2. The van der Waals surface area contributed by atoms with Crippen LogP contribution in [-0.2, 0) is 17.5 Å². The number of nitrogens with one attached hydrogen (secondary N) is 2. The van der Waals surface area contributed by atoms with Crippen LogP contribution in [0.15, 0.2) is 30.3 Å².